The molecule has 0 fully saturated rings. The fourth-order valence-corrected chi connectivity index (χ4v) is 3.49. The number of nitrogens with one attached hydrogen (secondary N) is 3. The molecule has 0 saturated heterocycles. The van der Waals surface area contributed by atoms with E-state index in [9.17, 15) is 24.4 Å². The molecule has 0 spiro atoms. The summed E-state index contributed by atoms with van der Waals surface area (Å²) in [6.45, 7) is 7.82. The molecule has 0 aliphatic heterocycles. The van der Waals surface area contributed by atoms with Gasteiger partial charge in [0, 0.05) is 0 Å². The number of carbonyl (C=O) groups excluding carboxylic acids is 3. The molecule has 0 saturated carbocycles. The van der Waals surface area contributed by atoms with E-state index in [-0.39, 0.29) is 18.4 Å². The number of hydrogen-bond acceptors (Lipinski definition) is 7. The summed E-state index contributed by atoms with van der Waals surface area (Å²) >= 11 is 0. The molecule has 0 heterocycles. The molecule has 0 aliphatic carbocycles. The number of rotatable bonds is 15. The van der Waals surface area contributed by atoms with Crippen molar-refractivity contribution in [3.8, 4) is 0 Å². The first-order chi connectivity index (χ1) is 16.5. The van der Waals surface area contributed by atoms with E-state index in [4.69, 9.17) is 10.5 Å². The third-order valence-electron chi connectivity index (χ3n) is 5.46. The van der Waals surface area contributed by atoms with Gasteiger partial charge in [-0.25, -0.2) is 4.79 Å². The standard InChI is InChI=1S/C24H41BN4O6/c1-16(2)14-20(23(31)29-21(17(3)4)25(33)34)27-22(30)19(12-8-9-13-26)28-24(32)35-15-18-10-6-5-7-11-18/h5-7,10-11,16-17,19-21,33-34H,8-9,12-15,26H2,1-4H3,(H,27,30)(H,28,32)(H,29,31)/t19?,20-,21-/m0/s1. The lowest BCUT2D eigenvalue weighted by Gasteiger charge is -2.27. The molecule has 196 valence electrons. The number of carbonyl (C=O) groups is 3. The molecular weight excluding hydrogens is 451 g/mol. The van der Waals surface area contributed by atoms with Crippen LogP contribution in [0.5, 0.6) is 0 Å². The maximum absolute atomic E-state index is 13.1. The third kappa shape index (κ3) is 12.1. The molecule has 3 amide bonds. The average molecular weight is 492 g/mol. The van der Waals surface area contributed by atoms with Crippen molar-refractivity contribution in [1.82, 2.24) is 16.0 Å². The van der Waals surface area contributed by atoms with E-state index in [1.807, 2.05) is 44.2 Å². The van der Waals surface area contributed by atoms with E-state index in [1.165, 1.54) is 0 Å². The second kappa shape index (κ2) is 16.1. The SMILES string of the molecule is CC(C)C[C@H](NC(=O)C(CCCCN)NC(=O)OCc1ccccc1)C(=O)N[C@H](B(O)O)C(C)C. The Labute approximate surface area is 208 Å². The fourth-order valence-electron chi connectivity index (χ4n) is 3.49. The van der Waals surface area contributed by atoms with E-state index in [2.05, 4.69) is 16.0 Å². The molecule has 35 heavy (non-hydrogen) atoms. The lowest BCUT2D eigenvalue weighted by atomic mass is 9.73. The van der Waals surface area contributed by atoms with Gasteiger partial charge in [-0.2, -0.15) is 0 Å². The Morgan fingerprint density at radius 1 is 0.943 bits per heavy atom. The Balaban J connectivity index is 2.88. The number of amides is 3. The van der Waals surface area contributed by atoms with Crippen molar-refractivity contribution in [2.45, 2.75) is 78.0 Å². The molecular formula is C24H41BN4O6. The normalized spacial score (nSPS) is 13.6. The van der Waals surface area contributed by atoms with Gasteiger partial charge < -0.3 is 36.5 Å². The van der Waals surface area contributed by atoms with Gasteiger partial charge >= 0.3 is 13.2 Å². The first-order valence-electron chi connectivity index (χ1n) is 12.2. The van der Waals surface area contributed by atoms with Crippen LogP contribution in [0.3, 0.4) is 0 Å². The van der Waals surface area contributed by atoms with Crippen LogP contribution in [-0.4, -0.2) is 59.6 Å². The van der Waals surface area contributed by atoms with Crippen molar-refractivity contribution in [3.63, 3.8) is 0 Å². The van der Waals surface area contributed by atoms with Gasteiger partial charge in [0.25, 0.3) is 0 Å². The van der Waals surface area contributed by atoms with Gasteiger partial charge in [0.1, 0.15) is 18.7 Å². The number of hydrogen-bond donors (Lipinski definition) is 6. The zero-order valence-electron chi connectivity index (χ0n) is 21.2. The fraction of sp³-hybridized carbons (Fsp3) is 0.625. The Morgan fingerprint density at radius 2 is 1.57 bits per heavy atom. The second-order valence-corrected chi connectivity index (χ2v) is 9.43. The van der Waals surface area contributed by atoms with Gasteiger partial charge in [-0.05, 0) is 49.6 Å². The van der Waals surface area contributed by atoms with Gasteiger partial charge in [-0.1, -0.05) is 58.0 Å². The lowest BCUT2D eigenvalue weighted by molar-refractivity contribution is -0.130. The van der Waals surface area contributed by atoms with Crippen LogP contribution in [0.25, 0.3) is 0 Å². The number of ether oxygens (including phenoxy) is 1. The summed E-state index contributed by atoms with van der Waals surface area (Å²) in [4.78, 5) is 38.4. The number of alkyl carbamates (subject to hydrolysis) is 1. The topological polar surface area (TPSA) is 163 Å². The first-order valence-corrected chi connectivity index (χ1v) is 12.2. The molecule has 1 rings (SSSR count). The summed E-state index contributed by atoms with van der Waals surface area (Å²) in [6, 6.07) is 7.33. The van der Waals surface area contributed by atoms with Crippen LogP contribution in [-0.2, 0) is 20.9 Å². The van der Waals surface area contributed by atoms with Crippen molar-refractivity contribution in [2.24, 2.45) is 17.6 Å². The number of nitrogens with two attached hydrogens (primary N) is 1. The van der Waals surface area contributed by atoms with Crippen LogP contribution in [0, 0.1) is 11.8 Å². The molecule has 0 radical (unpaired) electrons. The summed E-state index contributed by atoms with van der Waals surface area (Å²) in [5, 5.41) is 27.1. The molecule has 11 heteroatoms. The second-order valence-electron chi connectivity index (χ2n) is 9.43. The minimum atomic E-state index is -1.74. The van der Waals surface area contributed by atoms with E-state index >= 15 is 0 Å². The summed E-state index contributed by atoms with van der Waals surface area (Å²) < 4.78 is 5.25. The van der Waals surface area contributed by atoms with E-state index < -0.39 is 43.1 Å². The molecule has 7 N–H and O–H groups in total. The Kier molecular flexibility index (Phi) is 14.0. The van der Waals surface area contributed by atoms with Gasteiger partial charge in [0.05, 0.1) is 5.94 Å². The van der Waals surface area contributed by atoms with Crippen molar-refractivity contribution < 1.29 is 29.2 Å². The summed E-state index contributed by atoms with van der Waals surface area (Å²) in [5.41, 5.74) is 6.38. The van der Waals surface area contributed by atoms with Gasteiger partial charge in [0.2, 0.25) is 11.8 Å². The lowest BCUT2D eigenvalue weighted by Crippen LogP contribution is -2.58. The quantitative estimate of drug-likeness (QED) is 0.158. The average Bonchev–Trinajstić information content (AvgIpc) is 2.80. The van der Waals surface area contributed by atoms with Crippen LogP contribution in [0.2, 0.25) is 0 Å². The molecule has 3 atom stereocenters. The Bertz CT molecular complexity index is 771. The maximum Gasteiger partial charge on any atom is 0.475 e. The molecule has 10 nitrogen and oxygen atoms in total. The zero-order chi connectivity index (χ0) is 26.4. The molecule has 1 aromatic carbocycles. The monoisotopic (exact) mass is 492 g/mol. The third-order valence-corrected chi connectivity index (χ3v) is 5.46. The highest BCUT2D eigenvalue weighted by Gasteiger charge is 2.33. The van der Waals surface area contributed by atoms with Crippen LogP contribution in [0.1, 0.15) is 58.9 Å². The molecule has 0 aromatic heterocycles. The minimum Gasteiger partial charge on any atom is -0.445 e. The smallest absolute Gasteiger partial charge is 0.445 e. The number of unbranched alkanes of at least 4 members (excludes halogenated alkanes) is 1. The summed E-state index contributed by atoms with van der Waals surface area (Å²) in [6.07, 6.45) is 1.18. The predicted molar refractivity (Wildman–Crippen MR) is 135 cm³/mol. The van der Waals surface area contributed by atoms with E-state index in [1.54, 1.807) is 13.8 Å². The molecule has 1 unspecified atom stereocenters. The van der Waals surface area contributed by atoms with Crippen molar-refractivity contribution in [1.29, 1.82) is 0 Å². The van der Waals surface area contributed by atoms with Crippen molar-refractivity contribution in [3.05, 3.63) is 35.9 Å². The Morgan fingerprint density at radius 3 is 2.11 bits per heavy atom. The summed E-state index contributed by atoms with van der Waals surface area (Å²) in [5.74, 6) is -2.10. The van der Waals surface area contributed by atoms with Crippen molar-refractivity contribution in [2.75, 3.05) is 6.54 Å². The highest BCUT2D eigenvalue weighted by atomic mass is 16.5. The highest BCUT2D eigenvalue weighted by Crippen LogP contribution is 2.10. The molecule has 0 bridgehead atoms. The van der Waals surface area contributed by atoms with Crippen LogP contribution >= 0.6 is 0 Å². The largest absolute Gasteiger partial charge is 0.475 e. The predicted octanol–water partition coefficient (Wildman–Crippen LogP) is 1.09. The maximum atomic E-state index is 13.1. The molecule has 1 aromatic rings. The Hall–Kier alpha value is -2.63. The van der Waals surface area contributed by atoms with Gasteiger partial charge in [-0.15, -0.1) is 0 Å². The zero-order valence-corrected chi connectivity index (χ0v) is 21.2. The van der Waals surface area contributed by atoms with Gasteiger partial charge in [-0.3, -0.25) is 9.59 Å². The van der Waals surface area contributed by atoms with Crippen LogP contribution < -0.4 is 21.7 Å². The van der Waals surface area contributed by atoms with Gasteiger partial charge in [0.15, 0.2) is 0 Å². The van der Waals surface area contributed by atoms with E-state index in [0.29, 0.717) is 32.2 Å². The van der Waals surface area contributed by atoms with E-state index in [0.717, 1.165) is 5.56 Å². The molecule has 0 aliphatic rings. The van der Waals surface area contributed by atoms with Crippen LogP contribution in [0.15, 0.2) is 30.3 Å². The number of benzene rings is 1. The minimum absolute atomic E-state index is 0.0578. The van der Waals surface area contributed by atoms with Crippen molar-refractivity contribution >= 4 is 25.0 Å². The van der Waals surface area contributed by atoms with Crippen LogP contribution in [0.4, 0.5) is 4.79 Å². The first kappa shape index (κ1) is 30.4. The summed E-state index contributed by atoms with van der Waals surface area (Å²) in [7, 11) is -1.74. The highest BCUT2D eigenvalue weighted by molar-refractivity contribution is 6.43.